The smallest absolute Gasteiger partial charge is 0.303 e. The molecule has 1 heterocycles. The quantitative estimate of drug-likeness (QED) is 0.384. The predicted molar refractivity (Wildman–Crippen MR) is 116 cm³/mol. The van der Waals surface area contributed by atoms with Gasteiger partial charge in [0.05, 0.1) is 0 Å². The molecule has 1 aromatic carbocycles. The first-order valence-electron chi connectivity index (χ1n) is 10.8. The summed E-state index contributed by atoms with van der Waals surface area (Å²) >= 11 is 0. The highest BCUT2D eigenvalue weighted by Crippen LogP contribution is 2.32. The van der Waals surface area contributed by atoms with Gasteiger partial charge in [-0.15, -0.1) is 0 Å². The molecule has 0 bridgehead atoms. The fraction of sp³-hybridized carbons (Fsp3) is 0.417. The van der Waals surface area contributed by atoms with Crippen LogP contribution in [0.3, 0.4) is 0 Å². The first-order valence-corrected chi connectivity index (χ1v) is 10.8. The van der Waals surface area contributed by atoms with Crippen LogP contribution in [-0.2, 0) is 47.6 Å². The molecule has 1 saturated heterocycles. The van der Waals surface area contributed by atoms with E-state index in [0.29, 0.717) is 0 Å². The molecule has 0 unspecified atom stereocenters. The van der Waals surface area contributed by atoms with Crippen LogP contribution in [-0.4, -0.2) is 72.8 Å². The summed E-state index contributed by atoms with van der Waals surface area (Å²) in [5, 5.41) is 0. The molecule has 0 amide bonds. The molecule has 1 fully saturated rings. The second-order valence-electron chi connectivity index (χ2n) is 7.93. The molecule has 192 valence electrons. The number of Topliss-reactive ketones (excluding diaryl/α,β-unsaturated/α-hetero) is 1. The molecule has 12 nitrogen and oxygen atoms in total. The summed E-state index contributed by atoms with van der Waals surface area (Å²) in [6, 6.07) is 6.10. The van der Waals surface area contributed by atoms with Gasteiger partial charge in [-0.2, -0.15) is 0 Å². The van der Waals surface area contributed by atoms with Crippen molar-refractivity contribution in [2.75, 3.05) is 6.61 Å². The molecular formula is C24H24O12. The predicted octanol–water partition coefficient (Wildman–Crippen LogP) is 1.05. The molecule has 3 rings (SSSR count). The minimum absolute atomic E-state index is 0.0886. The van der Waals surface area contributed by atoms with E-state index in [-0.39, 0.29) is 11.1 Å². The molecule has 0 spiro atoms. The van der Waals surface area contributed by atoms with Crippen molar-refractivity contribution in [3.63, 3.8) is 0 Å². The first kappa shape index (κ1) is 26.5. The maximum Gasteiger partial charge on any atom is 0.303 e. The molecule has 5 atom stereocenters. The molecule has 12 heteroatoms. The van der Waals surface area contributed by atoms with Gasteiger partial charge in [0.2, 0.25) is 18.2 Å². The Kier molecular flexibility index (Phi) is 8.20. The summed E-state index contributed by atoms with van der Waals surface area (Å²) in [5.74, 6) is -4.69. The first-order chi connectivity index (χ1) is 17.0. The van der Waals surface area contributed by atoms with Crippen LogP contribution in [0.1, 0.15) is 48.4 Å². The third-order valence-corrected chi connectivity index (χ3v) is 5.11. The van der Waals surface area contributed by atoms with Crippen molar-refractivity contribution in [2.24, 2.45) is 0 Å². The Hall–Kier alpha value is -4.06. The minimum Gasteiger partial charge on any atom is -0.463 e. The number of ketones is 2. The van der Waals surface area contributed by atoms with Crippen molar-refractivity contribution < 1.29 is 57.2 Å². The minimum atomic E-state index is -1.63. The Morgan fingerprint density at radius 1 is 0.778 bits per heavy atom. The fourth-order valence-electron chi connectivity index (χ4n) is 3.79. The normalized spacial score (nSPS) is 25.1. The van der Waals surface area contributed by atoms with Gasteiger partial charge in [-0.3, -0.25) is 28.8 Å². The van der Waals surface area contributed by atoms with Gasteiger partial charge in [-0.25, -0.2) is 0 Å². The molecule has 36 heavy (non-hydrogen) atoms. The van der Waals surface area contributed by atoms with Crippen molar-refractivity contribution in [3.8, 4) is 0 Å². The van der Waals surface area contributed by atoms with E-state index in [9.17, 15) is 28.8 Å². The van der Waals surface area contributed by atoms with Crippen LogP contribution in [0.2, 0.25) is 0 Å². The van der Waals surface area contributed by atoms with E-state index in [2.05, 4.69) is 0 Å². The zero-order valence-corrected chi connectivity index (χ0v) is 19.9. The lowest BCUT2D eigenvalue weighted by molar-refractivity contribution is -0.298. The van der Waals surface area contributed by atoms with E-state index < -0.39 is 78.5 Å². The van der Waals surface area contributed by atoms with Gasteiger partial charge in [0.25, 0.3) is 0 Å². The number of esters is 4. The Balaban J connectivity index is 2.01. The van der Waals surface area contributed by atoms with Gasteiger partial charge in [-0.05, 0) is 0 Å². The van der Waals surface area contributed by atoms with Crippen molar-refractivity contribution in [1.29, 1.82) is 0 Å². The van der Waals surface area contributed by atoms with E-state index in [0.717, 1.165) is 33.8 Å². The van der Waals surface area contributed by atoms with E-state index >= 15 is 0 Å². The van der Waals surface area contributed by atoms with Crippen LogP contribution in [0.25, 0.3) is 0 Å². The summed E-state index contributed by atoms with van der Waals surface area (Å²) < 4.78 is 32.4. The number of rotatable bonds is 7. The number of benzene rings is 1. The number of fused-ring (bicyclic) bond motifs is 1. The van der Waals surface area contributed by atoms with Gasteiger partial charge in [0, 0.05) is 44.9 Å². The van der Waals surface area contributed by atoms with Crippen molar-refractivity contribution in [1.82, 2.24) is 0 Å². The molecule has 1 aliphatic carbocycles. The highest BCUT2D eigenvalue weighted by atomic mass is 16.7. The summed E-state index contributed by atoms with van der Waals surface area (Å²) in [7, 11) is 0. The second kappa shape index (κ2) is 11.1. The van der Waals surface area contributed by atoms with Crippen LogP contribution in [0, 0.1) is 0 Å². The molecule has 0 radical (unpaired) electrons. The molecule has 0 saturated carbocycles. The number of carbonyl (C=O) groups excluding carboxylic acids is 6. The lowest BCUT2D eigenvalue weighted by Crippen LogP contribution is -2.63. The van der Waals surface area contributed by atoms with Crippen molar-refractivity contribution in [3.05, 3.63) is 47.2 Å². The van der Waals surface area contributed by atoms with Gasteiger partial charge in [-0.1, -0.05) is 24.3 Å². The number of carbonyl (C=O) groups is 6. The molecule has 0 aromatic heterocycles. The van der Waals surface area contributed by atoms with Crippen LogP contribution in [0.4, 0.5) is 0 Å². The third-order valence-electron chi connectivity index (χ3n) is 5.11. The average molecular weight is 504 g/mol. The number of ether oxygens (including phenoxy) is 6. The van der Waals surface area contributed by atoms with E-state index in [1.807, 2.05) is 0 Å². The molecular weight excluding hydrogens is 480 g/mol. The molecule has 1 aromatic rings. The van der Waals surface area contributed by atoms with Crippen LogP contribution in [0.5, 0.6) is 0 Å². The zero-order valence-electron chi connectivity index (χ0n) is 19.9. The van der Waals surface area contributed by atoms with Gasteiger partial charge < -0.3 is 28.4 Å². The van der Waals surface area contributed by atoms with E-state index in [4.69, 9.17) is 28.4 Å². The van der Waals surface area contributed by atoms with Crippen LogP contribution in [0.15, 0.2) is 36.1 Å². The maximum absolute atomic E-state index is 13.0. The lowest BCUT2D eigenvalue weighted by atomic mass is 9.93. The monoisotopic (exact) mass is 504 g/mol. The van der Waals surface area contributed by atoms with Gasteiger partial charge in [0.1, 0.15) is 12.7 Å². The Morgan fingerprint density at radius 3 is 1.92 bits per heavy atom. The molecule has 2 aliphatic rings. The standard InChI is InChI=1S/C24H24O12/c1-11(25)31-10-19-21(32-12(2)26)22(33-13(3)27)23(34-14(4)28)24(36-19)35-18-9-17(29)15-7-5-6-8-16(15)20(18)30/h5-9,19,21-24H,10H2,1-4H3/t19-,21+,22+,23-,24-/m1/s1. The lowest BCUT2D eigenvalue weighted by Gasteiger charge is -2.44. The summed E-state index contributed by atoms with van der Waals surface area (Å²) in [4.78, 5) is 72.6. The molecule has 1 aliphatic heterocycles. The van der Waals surface area contributed by atoms with E-state index in [1.165, 1.54) is 12.1 Å². The largest absolute Gasteiger partial charge is 0.463 e. The summed E-state index contributed by atoms with van der Waals surface area (Å²) in [6.07, 6.45) is -6.32. The van der Waals surface area contributed by atoms with Crippen LogP contribution < -0.4 is 0 Å². The van der Waals surface area contributed by atoms with Crippen molar-refractivity contribution in [2.45, 2.75) is 58.4 Å². The van der Waals surface area contributed by atoms with Crippen molar-refractivity contribution >= 4 is 35.4 Å². The molecule has 0 N–H and O–H groups in total. The summed E-state index contributed by atoms with van der Waals surface area (Å²) in [5.41, 5.74) is 0.266. The highest BCUT2D eigenvalue weighted by molar-refractivity contribution is 6.23. The zero-order chi connectivity index (χ0) is 26.6. The SMILES string of the molecule is CC(=O)OC[C@H]1O[C@@H](OC2=CC(=O)c3ccccc3C2=O)[C@H](OC(C)=O)[C@@H](OC(C)=O)[C@H]1OC(C)=O. The maximum atomic E-state index is 13.0. The Labute approximate surface area is 205 Å². The third kappa shape index (κ3) is 6.13. The fourth-order valence-corrected chi connectivity index (χ4v) is 3.79. The Morgan fingerprint density at radius 2 is 1.33 bits per heavy atom. The summed E-state index contributed by atoms with van der Waals surface area (Å²) in [6.45, 7) is 3.90. The average Bonchev–Trinajstić information content (AvgIpc) is 2.79. The van der Waals surface area contributed by atoms with Gasteiger partial charge in [0.15, 0.2) is 23.8 Å². The number of hydrogen-bond donors (Lipinski definition) is 0. The van der Waals surface area contributed by atoms with Gasteiger partial charge >= 0.3 is 23.9 Å². The second-order valence-corrected chi connectivity index (χ2v) is 7.93. The highest BCUT2D eigenvalue weighted by Gasteiger charge is 2.54. The van der Waals surface area contributed by atoms with E-state index in [1.54, 1.807) is 12.1 Å². The number of hydrogen-bond acceptors (Lipinski definition) is 12. The topological polar surface area (TPSA) is 158 Å². The Bertz CT molecular complexity index is 1120. The number of allylic oxidation sites excluding steroid dienone is 2. The van der Waals surface area contributed by atoms with Crippen LogP contribution >= 0.6 is 0 Å².